The number of hydrogen-bond acceptors (Lipinski definition) is 4. The van der Waals surface area contributed by atoms with Gasteiger partial charge in [0.15, 0.2) is 10.9 Å². The lowest BCUT2D eigenvalue weighted by atomic mass is 9.92. The van der Waals surface area contributed by atoms with Gasteiger partial charge in [0.25, 0.3) is 5.91 Å². The van der Waals surface area contributed by atoms with Gasteiger partial charge in [-0.2, -0.15) is 0 Å². The molecule has 4 nitrogen and oxygen atoms in total. The number of likely N-dealkylation sites (tertiary alicyclic amines) is 1. The predicted octanol–water partition coefficient (Wildman–Crippen LogP) is 2.20. The Morgan fingerprint density at radius 1 is 1.61 bits per heavy atom. The van der Waals surface area contributed by atoms with Crippen LogP contribution < -0.4 is 5.73 Å². The van der Waals surface area contributed by atoms with E-state index in [0.29, 0.717) is 11.7 Å². The number of thioether (sulfide) groups is 1. The van der Waals surface area contributed by atoms with Crippen LogP contribution in [-0.2, 0) is 0 Å². The SMILES string of the molecule is CSc1ccc(C(=O)N2CCCC(C(C)N)C2)o1. The van der Waals surface area contributed by atoms with Crippen molar-refractivity contribution in [2.45, 2.75) is 30.9 Å². The van der Waals surface area contributed by atoms with Gasteiger partial charge in [0.1, 0.15) is 0 Å². The summed E-state index contributed by atoms with van der Waals surface area (Å²) in [4.78, 5) is 14.1. The highest BCUT2D eigenvalue weighted by Crippen LogP contribution is 2.23. The highest BCUT2D eigenvalue weighted by Gasteiger charge is 2.27. The minimum absolute atomic E-state index is 0.0133. The van der Waals surface area contributed by atoms with E-state index >= 15 is 0 Å². The zero-order chi connectivity index (χ0) is 13.1. The Balaban J connectivity index is 2.04. The van der Waals surface area contributed by atoms with Gasteiger partial charge in [0.05, 0.1) is 0 Å². The van der Waals surface area contributed by atoms with E-state index in [9.17, 15) is 4.79 Å². The van der Waals surface area contributed by atoms with Crippen LogP contribution >= 0.6 is 11.8 Å². The minimum atomic E-state index is -0.0133. The molecule has 1 aromatic rings. The fourth-order valence-corrected chi connectivity index (χ4v) is 2.70. The van der Waals surface area contributed by atoms with E-state index in [-0.39, 0.29) is 11.9 Å². The number of nitrogens with two attached hydrogens (primary N) is 1. The molecule has 100 valence electrons. The maximum atomic E-state index is 12.3. The topological polar surface area (TPSA) is 59.5 Å². The Labute approximate surface area is 112 Å². The number of furan rings is 1. The Bertz CT molecular complexity index is 417. The predicted molar refractivity (Wildman–Crippen MR) is 72.8 cm³/mol. The van der Waals surface area contributed by atoms with Gasteiger partial charge in [-0.1, -0.05) is 11.8 Å². The van der Waals surface area contributed by atoms with Crippen LogP contribution in [-0.4, -0.2) is 36.2 Å². The van der Waals surface area contributed by atoms with Crippen LogP contribution in [0.1, 0.15) is 30.3 Å². The van der Waals surface area contributed by atoms with Crippen LogP contribution in [0, 0.1) is 5.92 Å². The molecule has 0 bridgehead atoms. The zero-order valence-electron chi connectivity index (χ0n) is 10.9. The Kier molecular flexibility index (Phi) is 4.35. The Morgan fingerprint density at radius 2 is 2.39 bits per heavy atom. The summed E-state index contributed by atoms with van der Waals surface area (Å²) in [5.74, 6) is 0.822. The fraction of sp³-hybridized carbons (Fsp3) is 0.615. The third kappa shape index (κ3) is 2.90. The highest BCUT2D eigenvalue weighted by molar-refractivity contribution is 7.98. The molecular formula is C13H20N2O2S. The third-order valence-electron chi connectivity index (χ3n) is 3.48. The van der Waals surface area contributed by atoms with Crippen LogP contribution in [0.25, 0.3) is 0 Å². The van der Waals surface area contributed by atoms with Gasteiger partial charge in [0, 0.05) is 19.1 Å². The number of nitrogens with zero attached hydrogens (tertiary/aromatic N) is 1. The maximum absolute atomic E-state index is 12.3. The normalized spacial score (nSPS) is 21.9. The quantitative estimate of drug-likeness (QED) is 0.854. The Hall–Kier alpha value is -0.940. The van der Waals surface area contributed by atoms with Gasteiger partial charge in [-0.05, 0) is 44.1 Å². The molecule has 0 radical (unpaired) electrons. The molecule has 5 heteroatoms. The lowest BCUT2D eigenvalue weighted by Gasteiger charge is -2.34. The first-order chi connectivity index (χ1) is 8.61. The summed E-state index contributed by atoms with van der Waals surface area (Å²) >= 11 is 1.50. The number of carbonyl (C=O) groups excluding carboxylic acids is 1. The van der Waals surface area contributed by atoms with E-state index in [0.717, 1.165) is 31.0 Å². The summed E-state index contributed by atoms with van der Waals surface area (Å²) in [6.07, 6.45) is 4.06. The van der Waals surface area contributed by atoms with Gasteiger partial charge in [0.2, 0.25) is 0 Å². The number of carbonyl (C=O) groups is 1. The minimum Gasteiger partial charge on any atom is -0.445 e. The zero-order valence-corrected chi connectivity index (χ0v) is 11.7. The van der Waals surface area contributed by atoms with Crippen LogP contribution in [0.3, 0.4) is 0 Å². The second kappa shape index (κ2) is 5.80. The molecule has 2 N–H and O–H groups in total. The van der Waals surface area contributed by atoms with Gasteiger partial charge in [-0.15, -0.1) is 0 Å². The summed E-state index contributed by atoms with van der Waals surface area (Å²) in [5, 5.41) is 0.777. The number of rotatable bonds is 3. The standard InChI is InChI=1S/C13H20N2O2S/c1-9(14)10-4-3-7-15(8-10)13(16)11-5-6-12(17-11)18-2/h5-6,9-10H,3-4,7-8,14H2,1-2H3. The smallest absolute Gasteiger partial charge is 0.289 e. The lowest BCUT2D eigenvalue weighted by Crippen LogP contribution is -2.44. The highest BCUT2D eigenvalue weighted by atomic mass is 32.2. The van der Waals surface area contributed by atoms with Crippen molar-refractivity contribution in [3.8, 4) is 0 Å². The summed E-state index contributed by atoms with van der Waals surface area (Å²) in [6, 6.07) is 3.73. The monoisotopic (exact) mass is 268 g/mol. The van der Waals surface area contributed by atoms with Crippen molar-refractivity contribution in [3.05, 3.63) is 17.9 Å². The largest absolute Gasteiger partial charge is 0.445 e. The first-order valence-electron chi connectivity index (χ1n) is 6.30. The molecule has 2 unspecified atom stereocenters. The van der Waals surface area contributed by atoms with Gasteiger partial charge >= 0.3 is 0 Å². The fourth-order valence-electron chi connectivity index (χ4n) is 2.32. The Morgan fingerprint density at radius 3 is 3.00 bits per heavy atom. The molecule has 1 amide bonds. The average Bonchev–Trinajstić information content (AvgIpc) is 2.86. The van der Waals surface area contributed by atoms with E-state index in [4.69, 9.17) is 10.2 Å². The molecule has 0 saturated carbocycles. The molecule has 1 aliphatic rings. The summed E-state index contributed by atoms with van der Waals surface area (Å²) in [7, 11) is 0. The number of hydrogen-bond donors (Lipinski definition) is 1. The molecular weight excluding hydrogens is 248 g/mol. The van der Waals surface area contributed by atoms with Gasteiger partial charge in [-0.3, -0.25) is 4.79 Å². The molecule has 1 fully saturated rings. The third-order valence-corrected chi connectivity index (χ3v) is 4.10. The molecule has 0 aromatic carbocycles. The number of piperidine rings is 1. The van der Waals surface area contributed by atoms with Crippen molar-refractivity contribution in [2.75, 3.05) is 19.3 Å². The van der Waals surface area contributed by atoms with Gasteiger partial charge < -0.3 is 15.1 Å². The molecule has 2 rings (SSSR count). The van der Waals surface area contributed by atoms with E-state index < -0.39 is 0 Å². The first-order valence-corrected chi connectivity index (χ1v) is 7.53. The summed E-state index contributed by atoms with van der Waals surface area (Å²) in [5.41, 5.74) is 5.93. The molecule has 1 aliphatic heterocycles. The van der Waals surface area contributed by atoms with E-state index in [1.54, 1.807) is 6.07 Å². The molecule has 1 aromatic heterocycles. The summed E-state index contributed by atoms with van der Waals surface area (Å²) in [6.45, 7) is 3.56. The molecule has 1 saturated heterocycles. The molecule has 0 spiro atoms. The van der Waals surface area contributed by atoms with Crippen molar-refractivity contribution in [1.29, 1.82) is 0 Å². The lowest BCUT2D eigenvalue weighted by molar-refractivity contribution is 0.0623. The number of amides is 1. The maximum Gasteiger partial charge on any atom is 0.289 e. The summed E-state index contributed by atoms with van der Waals surface area (Å²) < 4.78 is 5.48. The molecule has 0 aliphatic carbocycles. The molecule has 18 heavy (non-hydrogen) atoms. The van der Waals surface area contributed by atoms with E-state index in [2.05, 4.69) is 0 Å². The van der Waals surface area contributed by atoms with Crippen molar-refractivity contribution >= 4 is 17.7 Å². The second-order valence-corrected chi connectivity index (χ2v) is 5.65. The van der Waals surface area contributed by atoms with Gasteiger partial charge in [-0.25, -0.2) is 0 Å². The molecule has 2 atom stereocenters. The van der Waals surface area contributed by atoms with Crippen LogP contribution in [0.2, 0.25) is 0 Å². The van der Waals surface area contributed by atoms with Crippen LogP contribution in [0.5, 0.6) is 0 Å². The van der Waals surface area contributed by atoms with E-state index in [1.165, 1.54) is 11.8 Å². The van der Waals surface area contributed by atoms with Crippen molar-refractivity contribution in [1.82, 2.24) is 4.90 Å². The molecule has 2 heterocycles. The van der Waals surface area contributed by atoms with Crippen molar-refractivity contribution in [3.63, 3.8) is 0 Å². The van der Waals surface area contributed by atoms with E-state index in [1.807, 2.05) is 24.1 Å². The first kappa shape index (κ1) is 13.5. The van der Waals surface area contributed by atoms with Crippen LogP contribution in [0.15, 0.2) is 21.6 Å². The van der Waals surface area contributed by atoms with Crippen molar-refractivity contribution < 1.29 is 9.21 Å². The van der Waals surface area contributed by atoms with Crippen LogP contribution in [0.4, 0.5) is 0 Å². The average molecular weight is 268 g/mol. The second-order valence-electron chi connectivity index (χ2n) is 4.84. The van der Waals surface area contributed by atoms with Crippen molar-refractivity contribution in [2.24, 2.45) is 11.7 Å².